The van der Waals surface area contributed by atoms with E-state index in [1.165, 1.54) is 13.8 Å². The standard InChI is InChI=1S/C8H17N3O3S2/c1-4-5(6(9)15)16(13,14)11-8(2,3)7(10)12/h5,11H,4H2,1-3H3,(H2,9,15)(H2,10,12). The summed E-state index contributed by atoms with van der Waals surface area (Å²) < 4.78 is 25.9. The highest BCUT2D eigenvalue weighted by Gasteiger charge is 2.35. The summed E-state index contributed by atoms with van der Waals surface area (Å²) in [5, 5.41) is -0.999. The Labute approximate surface area is 101 Å². The Morgan fingerprint density at radius 3 is 2.12 bits per heavy atom. The minimum Gasteiger partial charge on any atom is -0.392 e. The van der Waals surface area contributed by atoms with Crippen molar-refractivity contribution in [3.05, 3.63) is 0 Å². The van der Waals surface area contributed by atoms with E-state index in [0.717, 1.165) is 0 Å². The zero-order chi connectivity index (χ0) is 13.1. The molecule has 0 saturated heterocycles. The maximum Gasteiger partial charge on any atom is 0.238 e. The zero-order valence-corrected chi connectivity index (χ0v) is 11.1. The van der Waals surface area contributed by atoms with E-state index >= 15 is 0 Å². The summed E-state index contributed by atoms with van der Waals surface area (Å²) in [5.41, 5.74) is 9.03. The molecular formula is C8H17N3O3S2. The first kappa shape index (κ1) is 15.3. The molecule has 94 valence electrons. The summed E-state index contributed by atoms with van der Waals surface area (Å²) >= 11 is 4.66. The predicted octanol–water partition coefficient (Wildman–Crippen LogP) is -0.766. The number of carbonyl (C=O) groups is 1. The minimum absolute atomic E-state index is 0.129. The number of nitrogens with two attached hydrogens (primary N) is 2. The summed E-state index contributed by atoms with van der Waals surface area (Å²) in [6.45, 7) is 4.39. The van der Waals surface area contributed by atoms with Gasteiger partial charge in [0.05, 0.1) is 4.99 Å². The normalized spacial score (nSPS) is 14.4. The van der Waals surface area contributed by atoms with Crippen LogP contribution in [0.1, 0.15) is 27.2 Å². The summed E-state index contributed by atoms with van der Waals surface area (Å²) in [6.07, 6.45) is 0.236. The van der Waals surface area contributed by atoms with Gasteiger partial charge in [-0.2, -0.15) is 4.72 Å². The molecule has 0 saturated carbocycles. The number of primary amides is 1. The first-order valence-electron chi connectivity index (χ1n) is 4.66. The van der Waals surface area contributed by atoms with Gasteiger partial charge in [-0.05, 0) is 20.3 Å². The third-order valence-corrected chi connectivity index (χ3v) is 4.64. The molecule has 0 rings (SSSR count). The lowest BCUT2D eigenvalue weighted by molar-refractivity contribution is -0.122. The third-order valence-electron chi connectivity index (χ3n) is 2.08. The van der Waals surface area contributed by atoms with Crippen molar-refractivity contribution in [1.82, 2.24) is 4.72 Å². The van der Waals surface area contributed by atoms with Crippen LogP contribution in [0.15, 0.2) is 0 Å². The van der Waals surface area contributed by atoms with Gasteiger partial charge in [-0.15, -0.1) is 0 Å². The molecule has 1 atom stereocenters. The molecular weight excluding hydrogens is 250 g/mol. The molecule has 1 amide bonds. The summed E-state index contributed by atoms with van der Waals surface area (Å²) in [7, 11) is -3.79. The van der Waals surface area contributed by atoms with Gasteiger partial charge in [0.2, 0.25) is 15.9 Å². The third kappa shape index (κ3) is 3.69. The number of carbonyl (C=O) groups excluding carboxylic acids is 1. The van der Waals surface area contributed by atoms with Crippen LogP contribution < -0.4 is 16.2 Å². The fourth-order valence-corrected chi connectivity index (χ4v) is 3.30. The molecule has 0 aliphatic rings. The van der Waals surface area contributed by atoms with Gasteiger partial charge in [-0.25, -0.2) is 8.42 Å². The summed E-state index contributed by atoms with van der Waals surface area (Å²) in [5.74, 6) is -0.770. The second kappa shape index (κ2) is 5.07. The van der Waals surface area contributed by atoms with Crippen molar-refractivity contribution in [3.8, 4) is 0 Å². The molecule has 0 aromatic carbocycles. The molecule has 0 aromatic rings. The number of hydrogen-bond donors (Lipinski definition) is 3. The summed E-state index contributed by atoms with van der Waals surface area (Å²) in [4.78, 5) is 10.9. The molecule has 0 spiro atoms. The number of sulfonamides is 1. The molecule has 8 heteroatoms. The Morgan fingerprint density at radius 1 is 1.44 bits per heavy atom. The predicted molar refractivity (Wildman–Crippen MR) is 66.2 cm³/mol. The fourth-order valence-electron chi connectivity index (χ4n) is 1.05. The molecule has 0 heterocycles. The maximum absolute atomic E-state index is 11.8. The number of hydrogen-bond acceptors (Lipinski definition) is 4. The number of rotatable bonds is 6. The van der Waals surface area contributed by atoms with E-state index in [1.807, 2.05) is 0 Å². The van der Waals surface area contributed by atoms with E-state index in [1.54, 1.807) is 6.92 Å². The van der Waals surface area contributed by atoms with Crippen molar-refractivity contribution in [3.63, 3.8) is 0 Å². The lowest BCUT2D eigenvalue weighted by atomic mass is 10.1. The van der Waals surface area contributed by atoms with Crippen LogP contribution >= 0.6 is 12.2 Å². The van der Waals surface area contributed by atoms with Crippen LogP contribution in [-0.2, 0) is 14.8 Å². The smallest absolute Gasteiger partial charge is 0.238 e. The van der Waals surface area contributed by atoms with E-state index < -0.39 is 26.7 Å². The Morgan fingerprint density at radius 2 is 1.88 bits per heavy atom. The molecule has 1 unspecified atom stereocenters. The van der Waals surface area contributed by atoms with Gasteiger partial charge in [0.1, 0.15) is 10.8 Å². The van der Waals surface area contributed by atoms with Crippen LogP contribution in [0.25, 0.3) is 0 Å². The highest BCUT2D eigenvalue weighted by Crippen LogP contribution is 2.10. The van der Waals surface area contributed by atoms with E-state index in [-0.39, 0.29) is 11.4 Å². The Balaban J connectivity index is 5.10. The van der Waals surface area contributed by atoms with Gasteiger partial charge >= 0.3 is 0 Å². The van der Waals surface area contributed by atoms with E-state index in [9.17, 15) is 13.2 Å². The second-order valence-corrected chi connectivity index (χ2v) is 6.27. The summed E-state index contributed by atoms with van der Waals surface area (Å²) in [6, 6.07) is 0. The number of thiocarbonyl (C=S) groups is 1. The quantitative estimate of drug-likeness (QED) is 0.547. The lowest BCUT2D eigenvalue weighted by Crippen LogP contribution is -2.56. The highest BCUT2D eigenvalue weighted by atomic mass is 32.2. The fraction of sp³-hybridized carbons (Fsp3) is 0.750. The number of amides is 1. The van der Waals surface area contributed by atoms with E-state index in [2.05, 4.69) is 16.9 Å². The molecule has 16 heavy (non-hydrogen) atoms. The van der Waals surface area contributed by atoms with Gasteiger partial charge in [-0.1, -0.05) is 19.1 Å². The maximum atomic E-state index is 11.8. The van der Waals surface area contributed by atoms with Gasteiger partial charge in [0.25, 0.3) is 0 Å². The molecule has 5 N–H and O–H groups in total. The monoisotopic (exact) mass is 267 g/mol. The molecule has 0 aromatic heterocycles. The second-order valence-electron chi connectivity index (χ2n) is 3.94. The van der Waals surface area contributed by atoms with Crippen LogP contribution in [-0.4, -0.2) is 30.1 Å². The van der Waals surface area contributed by atoms with Crippen LogP contribution in [0.5, 0.6) is 0 Å². The van der Waals surface area contributed by atoms with E-state index in [4.69, 9.17) is 11.5 Å². The average molecular weight is 267 g/mol. The van der Waals surface area contributed by atoms with Crippen LogP contribution in [0, 0.1) is 0 Å². The van der Waals surface area contributed by atoms with E-state index in [0.29, 0.717) is 0 Å². The topological polar surface area (TPSA) is 115 Å². The average Bonchev–Trinajstić information content (AvgIpc) is 2.00. The van der Waals surface area contributed by atoms with Crippen LogP contribution in [0.4, 0.5) is 0 Å². The zero-order valence-electron chi connectivity index (χ0n) is 9.48. The lowest BCUT2D eigenvalue weighted by Gasteiger charge is -2.25. The van der Waals surface area contributed by atoms with Crippen molar-refractivity contribution in [2.45, 2.75) is 38.0 Å². The van der Waals surface area contributed by atoms with Crippen molar-refractivity contribution < 1.29 is 13.2 Å². The van der Waals surface area contributed by atoms with Crippen LogP contribution in [0.3, 0.4) is 0 Å². The first-order chi connectivity index (χ1) is 7.04. The highest BCUT2D eigenvalue weighted by molar-refractivity contribution is 7.93. The molecule has 0 fully saturated rings. The largest absolute Gasteiger partial charge is 0.392 e. The molecule has 0 bridgehead atoms. The number of nitrogens with one attached hydrogen (secondary N) is 1. The first-order valence-corrected chi connectivity index (χ1v) is 6.62. The Kier molecular flexibility index (Phi) is 4.84. The SMILES string of the molecule is CCC(C(N)=S)S(=O)(=O)NC(C)(C)C(N)=O. The molecule has 0 aliphatic carbocycles. The molecule has 6 nitrogen and oxygen atoms in total. The van der Waals surface area contributed by atoms with Gasteiger partial charge in [0, 0.05) is 0 Å². The Bertz CT molecular complexity index is 389. The van der Waals surface area contributed by atoms with Crippen molar-refractivity contribution in [2.75, 3.05) is 0 Å². The van der Waals surface area contributed by atoms with Gasteiger partial charge < -0.3 is 11.5 Å². The Hall–Kier alpha value is -0.730. The van der Waals surface area contributed by atoms with Gasteiger partial charge in [-0.3, -0.25) is 4.79 Å². The van der Waals surface area contributed by atoms with Crippen molar-refractivity contribution >= 4 is 33.1 Å². The molecule has 0 aliphatic heterocycles. The minimum atomic E-state index is -3.79. The van der Waals surface area contributed by atoms with Crippen molar-refractivity contribution in [2.24, 2.45) is 11.5 Å². The molecule has 0 radical (unpaired) electrons. The van der Waals surface area contributed by atoms with Gasteiger partial charge in [0.15, 0.2) is 0 Å². The van der Waals surface area contributed by atoms with Crippen LogP contribution in [0.2, 0.25) is 0 Å². The van der Waals surface area contributed by atoms with Crippen molar-refractivity contribution in [1.29, 1.82) is 0 Å².